The summed E-state index contributed by atoms with van der Waals surface area (Å²) >= 11 is 1.55. The van der Waals surface area contributed by atoms with Crippen molar-refractivity contribution in [2.24, 2.45) is 0 Å². The summed E-state index contributed by atoms with van der Waals surface area (Å²) in [4.78, 5) is 26.9. The van der Waals surface area contributed by atoms with Crippen LogP contribution in [0.25, 0.3) is 0 Å². The molecule has 6 heteroatoms. The highest BCUT2D eigenvalue weighted by molar-refractivity contribution is 7.99. The molecule has 0 unspecified atom stereocenters. The average Bonchev–Trinajstić information content (AvgIpc) is 2.72. The van der Waals surface area contributed by atoms with E-state index in [-0.39, 0.29) is 11.2 Å². The number of thioether (sulfide) groups is 1. The molecular formula is C22H24N2O3S. The highest BCUT2D eigenvalue weighted by atomic mass is 32.2. The Balaban J connectivity index is 1.60. The number of H-pyrrole nitrogens is 1. The first kappa shape index (κ1) is 20.0. The Morgan fingerprint density at radius 2 is 1.64 bits per heavy atom. The minimum atomic E-state index is -0.366. The first-order valence-electron chi connectivity index (χ1n) is 9.33. The van der Waals surface area contributed by atoms with E-state index >= 15 is 0 Å². The van der Waals surface area contributed by atoms with Crippen LogP contribution in [0, 0.1) is 6.92 Å². The molecule has 0 spiro atoms. The zero-order valence-corrected chi connectivity index (χ0v) is 16.7. The number of hydrogen-bond donors (Lipinski definition) is 1. The number of ether oxygens (including phenoxy) is 1. The van der Waals surface area contributed by atoms with Crippen molar-refractivity contribution < 1.29 is 4.74 Å². The van der Waals surface area contributed by atoms with E-state index < -0.39 is 0 Å². The average molecular weight is 397 g/mol. The van der Waals surface area contributed by atoms with Gasteiger partial charge in [-0.3, -0.25) is 14.3 Å². The van der Waals surface area contributed by atoms with Gasteiger partial charge in [0.2, 0.25) is 0 Å². The quantitative estimate of drug-likeness (QED) is 0.339. The Hall–Kier alpha value is -2.73. The second kappa shape index (κ2) is 9.99. The lowest BCUT2D eigenvalue weighted by Gasteiger charge is -2.14. The van der Waals surface area contributed by atoms with Gasteiger partial charge in [-0.1, -0.05) is 48.5 Å². The molecule has 0 amide bonds. The van der Waals surface area contributed by atoms with Gasteiger partial charge < -0.3 is 4.74 Å². The highest BCUT2D eigenvalue weighted by Gasteiger charge is 2.12. The van der Waals surface area contributed by atoms with E-state index in [1.807, 2.05) is 60.7 Å². The molecule has 0 aliphatic heterocycles. The molecule has 146 valence electrons. The van der Waals surface area contributed by atoms with E-state index in [9.17, 15) is 9.59 Å². The van der Waals surface area contributed by atoms with Gasteiger partial charge >= 0.3 is 5.69 Å². The molecule has 0 atom stereocenters. The third kappa shape index (κ3) is 5.39. The van der Waals surface area contributed by atoms with Crippen LogP contribution < -0.4 is 16.0 Å². The van der Waals surface area contributed by atoms with E-state index in [1.165, 1.54) is 0 Å². The Kier molecular flexibility index (Phi) is 7.14. The monoisotopic (exact) mass is 396 g/mol. The van der Waals surface area contributed by atoms with Crippen molar-refractivity contribution in [1.82, 2.24) is 9.55 Å². The maximum Gasteiger partial charge on any atom is 0.329 e. The van der Waals surface area contributed by atoms with E-state index in [4.69, 9.17) is 4.74 Å². The number of hydrogen-bond acceptors (Lipinski definition) is 4. The largest absolute Gasteiger partial charge is 0.494 e. The number of nitrogens with one attached hydrogen (secondary N) is 1. The molecule has 0 bridgehead atoms. The summed E-state index contributed by atoms with van der Waals surface area (Å²) in [6.45, 7) is 2.85. The summed E-state index contributed by atoms with van der Waals surface area (Å²) in [5, 5.41) is 0.738. The van der Waals surface area contributed by atoms with E-state index in [2.05, 4.69) is 4.98 Å². The summed E-state index contributed by atoms with van der Waals surface area (Å²) in [6.07, 6.45) is 1.84. The number of para-hydroxylation sites is 1. The lowest BCUT2D eigenvalue weighted by molar-refractivity contribution is 0.310. The number of benzene rings is 2. The zero-order valence-electron chi connectivity index (χ0n) is 15.9. The normalized spacial score (nSPS) is 10.8. The molecule has 0 saturated heterocycles. The van der Waals surface area contributed by atoms with Crippen molar-refractivity contribution >= 4 is 11.8 Å². The second-order valence-electron chi connectivity index (χ2n) is 6.48. The van der Waals surface area contributed by atoms with Crippen LogP contribution in [0.4, 0.5) is 0 Å². The van der Waals surface area contributed by atoms with Gasteiger partial charge in [-0.25, -0.2) is 4.79 Å². The van der Waals surface area contributed by atoms with Gasteiger partial charge in [0.1, 0.15) is 5.75 Å². The summed E-state index contributed by atoms with van der Waals surface area (Å²) in [7, 11) is 0. The first-order valence-corrected chi connectivity index (χ1v) is 10.3. The van der Waals surface area contributed by atoms with Crippen molar-refractivity contribution in [3.05, 3.63) is 92.6 Å². The summed E-state index contributed by atoms with van der Waals surface area (Å²) in [5.41, 5.74) is 0.925. The van der Waals surface area contributed by atoms with Gasteiger partial charge in [0.15, 0.2) is 0 Å². The van der Waals surface area contributed by atoms with Crippen molar-refractivity contribution in [2.45, 2.75) is 31.3 Å². The minimum Gasteiger partial charge on any atom is -0.494 e. The number of rotatable bonds is 9. The van der Waals surface area contributed by atoms with Gasteiger partial charge in [0.05, 0.1) is 18.2 Å². The highest BCUT2D eigenvalue weighted by Crippen LogP contribution is 2.21. The molecule has 3 rings (SSSR count). The molecule has 1 aromatic heterocycles. The third-order valence-electron chi connectivity index (χ3n) is 4.35. The van der Waals surface area contributed by atoms with E-state index in [1.54, 1.807) is 23.3 Å². The molecule has 1 N–H and O–H groups in total. The van der Waals surface area contributed by atoms with Crippen molar-refractivity contribution in [3.8, 4) is 5.75 Å². The van der Waals surface area contributed by atoms with Crippen LogP contribution in [0.3, 0.4) is 0 Å². The predicted molar refractivity (Wildman–Crippen MR) is 113 cm³/mol. The smallest absolute Gasteiger partial charge is 0.329 e. The number of aromatic nitrogens is 2. The third-order valence-corrected chi connectivity index (χ3v) is 5.64. The van der Waals surface area contributed by atoms with Crippen LogP contribution in [-0.4, -0.2) is 21.9 Å². The fourth-order valence-corrected chi connectivity index (χ4v) is 3.98. The van der Waals surface area contributed by atoms with Gasteiger partial charge in [-0.2, -0.15) is 0 Å². The predicted octanol–water partition coefficient (Wildman–Crippen LogP) is 3.84. The van der Waals surface area contributed by atoms with Crippen LogP contribution in [-0.2, 0) is 6.54 Å². The summed E-state index contributed by atoms with van der Waals surface area (Å²) in [6, 6.07) is 19.5. The van der Waals surface area contributed by atoms with Crippen molar-refractivity contribution in [3.63, 3.8) is 0 Å². The van der Waals surface area contributed by atoms with Crippen LogP contribution in [0.2, 0.25) is 0 Å². The Morgan fingerprint density at radius 3 is 2.36 bits per heavy atom. The number of aromatic amines is 1. The van der Waals surface area contributed by atoms with E-state index in [0.717, 1.165) is 34.9 Å². The molecule has 0 aliphatic carbocycles. The molecule has 0 radical (unpaired) electrons. The SMILES string of the molecule is Cc1c(SCCCCOc2ccccc2)n(Cc2ccccc2)c(=O)[nH]c1=O. The van der Waals surface area contributed by atoms with Crippen LogP contribution in [0.15, 0.2) is 75.3 Å². The van der Waals surface area contributed by atoms with Gasteiger partial charge in [0.25, 0.3) is 5.56 Å². The Labute approximate surface area is 168 Å². The molecule has 0 fully saturated rings. The van der Waals surface area contributed by atoms with Crippen LogP contribution in [0.5, 0.6) is 5.75 Å². The fraction of sp³-hybridized carbons (Fsp3) is 0.273. The fourth-order valence-electron chi connectivity index (χ4n) is 2.83. The summed E-state index contributed by atoms with van der Waals surface area (Å²) in [5.74, 6) is 1.69. The lowest BCUT2D eigenvalue weighted by atomic mass is 10.2. The lowest BCUT2D eigenvalue weighted by Crippen LogP contribution is -2.33. The zero-order chi connectivity index (χ0) is 19.8. The van der Waals surface area contributed by atoms with Crippen LogP contribution in [0.1, 0.15) is 24.0 Å². The minimum absolute atomic E-state index is 0.316. The number of unbranched alkanes of at least 4 members (excludes halogenated alkanes) is 1. The van der Waals surface area contributed by atoms with Gasteiger partial charge in [-0.15, -0.1) is 11.8 Å². The van der Waals surface area contributed by atoms with Crippen LogP contribution >= 0.6 is 11.8 Å². The van der Waals surface area contributed by atoms with Gasteiger partial charge in [0, 0.05) is 5.56 Å². The standard InChI is InChI=1S/C22H24N2O3S/c1-17-20(25)23-22(26)24(16-18-10-4-2-5-11-18)21(17)28-15-9-8-14-27-19-12-6-3-7-13-19/h2-7,10-13H,8-9,14-16H2,1H3,(H,23,25,26). The topological polar surface area (TPSA) is 64.1 Å². The maximum absolute atomic E-state index is 12.4. The molecule has 3 aromatic rings. The molecule has 2 aromatic carbocycles. The van der Waals surface area contributed by atoms with Gasteiger partial charge in [-0.05, 0) is 43.2 Å². The Morgan fingerprint density at radius 1 is 0.964 bits per heavy atom. The maximum atomic E-state index is 12.4. The first-order chi connectivity index (χ1) is 13.6. The Bertz CT molecular complexity index is 998. The molecule has 0 saturated carbocycles. The molecule has 5 nitrogen and oxygen atoms in total. The number of nitrogens with zero attached hydrogens (tertiary/aromatic N) is 1. The van der Waals surface area contributed by atoms with Crippen molar-refractivity contribution in [2.75, 3.05) is 12.4 Å². The summed E-state index contributed by atoms with van der Waals surface area (Å²) < 4.78 is 7.35. The molecule has 28 heavy (non-hydrogen) atoms. The second-order valence-corrected chi connectivity index (χ2v) is 7.56. The molecule has 1 heterocycles. The molecular weight excluding hydrogens is 372 g/mol. The molecule has 0 aliphatic rings. The van der Waals surface area contributed by atoms with E-state index in [0.29, 0.717) is 18.7 Å². The van der Waals surface area contributed by atoms with Crippen molar-refractivity contribution in [1.29, 1.82) is 0 Å².